The first kappa shape index (κ1) is 18.6. The normalized spacial score (nSPS) is 14.8. The molecule has 1 saturated heterocycles. The van der Waals surface area contributed by atoms with Crippen LogP contribution < -0.4 is 4.90 Å². The monoisotopic (exact) mass is 418 g/mol. The van der Waals surface area contributed by atoms with Crippen molar-refractivity contribution >= 4 is 33.3 Å². The number of piperazine rings is 1. The maximum atomic E-state index is 12.8. The summed E-state index contributed by atoms with van der Waals surface area (Å²) in [4.78, 5) is 28.2. The molecule has 1 aromatic carbocycles. The number of nitrogens with zero attached hydrogens (tertiary/aromatic N) is 3. The van der Waals surface area contributed by atoms with Crippen molar-refractivity contribution in [3.05, 3.63) is 45.7 Å². The van der Waals surface area contributed by atoms with E-state index in [0.717, 1.165) is 28.9 Å². The van der Waals surface area contributed by atoms with Crippen molar-refractivity contribution < 1.29 is 9.59 Å². The van der Waals surface area contributed by atoms with Crippen molar-refractivity contribution in [2.45, 2.75) is 26.7 Å². The zero-order chi connectivity index (χ0) is 18.8. The lowest BCUT2D eigenvalue weighted by molar-refractivity contribution is 0.0739. The second-order valence-electron chi connectivity index (χ2n) is 6.84. The van der Waals surface area contributed by atoms with Crippen LogP contribution >= 0.6 is 15.9 Å². The molecule has 1 amide bonds. The number of aromatic amines is 1. The number of rotatable bonds is 4. The second-order valence-corrected chi connectivity index (χ2v) is 7.63. The largest absolute Gasteiger partial charge is 0.368 e. The van der Waals surface area contributed by atoms with Gasteiger partial charge in [0.05, 0.1) is 10.2 Å². The zero-order valence-electron chi connectivity index (χ0n) is 15.3. The van der Waals surface area contributed by atoms with Crippen LogP contribution in [-0.2, 0) is 0 Å². The maximum Gasteiger partial charge on any atom is 0.275 e. The topological polar surface area (TPSA) is 69.3 Å². The number of hydrogen-bond acceptors (Lipinski definition) is 4. The van der Waals surface area contributed by atoms with Crippen LogP contribution in [0.2, 0.25) is 0 Å². The molecule has 0 saturated carbocycles. The van der Waals surface area contributed by atoms with Crippen LogP contribution in [0.4, 0.5) is 5.69 Å². The quantitative estimate of drug-likeness (QED) is 0.771. The van der Waals surface area contributed by atoms with Gasteiger partial charge < -0.3 is 9.80 Å². The van der Waals surface area contributed by atoms with E-state index in [1.807, 2.05) is 29.2 Å². The Hall–Kier alpha value is -2.15. The third-order valence-electron chi connectivity index (χ3n) is 4.72. The minimum atomic E-state index is -0.0494. The molecule has 1 N–H and O–H groups in total. The molecular weight excluding hydrogens is 396 g/mol. The van der Waals surface area contributed by atoms with E-state index in [0.29, 0.717) is 24.3 Å². The third kappa shape index (κ3) is 3.67. The van der Waals surface area contributed by atoms with Gasteiger partial charge in [0.25, 0.3) is 5.91 Å². The standard InChI is InChI=1S/C19H23BrN4O2/c1-12(2)17-16(20)18(22-21-17)19(26)24-10-8-23(9-11-24)15-6-4-14(5-7-15)13(3)25/h4-7,12H,8-11H2,1-3H3,(H,21,22). The molecule has 0 bridgehead atoms. The van der Waals surface area contributed by atoms with E-state index in [1.165, 1.54) is 0 Å². The number of H-pyrrole nitrogens is 1. The summed E-state index contributed by atoms with van der Waals surface area (Å²) in [5.74, 6) is 0.289. The number of ketones is 1. The van der Waals surface area contributed by atoms with Gasteiger partial charge in [-0.15, -0.1) is 0 Å². The second kappa shape index (κ2) is 7.61. The molecule has 1 aromatic heterocycles. The van der Waals surface area contributed by atoms with Crippen molar-refractivity contribution in [2.75, 3.05) is 31.1 Å². The Bertz CT molecular complexity index is 805. The number of benzene rings is 1. The van der Waals surface area contributed by atoms with E-state index in [2.05, 4.69) is 44.9 Å². The highest BCUT2D eigenvalue weighted by molar-refractivity contribution is 9.10. The van der Waals surface area contributed by atoms with Crippen molar-refractivity contribution in [1.82, 2.24) is 15.1 Å². The fourth-order valence-corrected chi connectivity index (χ4v) is 3.90. The minimum absolute atomic E-state index is 0.0494. The van der Waals surface area contributed by atoms with Gasteiger partial charge in [0, 0.05) is 37.4 Å². The number of carbonyl (C=O) groups excluding carboxylic acids is 2. The van der Waals surface area contributed by atoms with E-state index < -0.39 is 0 Å². The fraction of sp³-hybridized carbons (Fsp3) is 0.421. The average molecular weight is 419 g/mol. The number of Topliss-reactive ketones (excluding diaryl/α,β-unsaturated/α-hetero) is 1. The van der Waals surface area contributed by atoms with Gasteiger partial charge >= 0.3 is 0 Å². The lowest BCUT2D eigenvalue weighted by Crippen LogP contribution is -2.49. The van der Waals surface area contributed by atoms with Crippen LogP contribution in [0.15, 0.2) is 28.7 Å². The summed E-state index contributed by atoms with van der Waals surface area (Å²) >= 11 is 3.51. The zero-order valence-corrected chi connectivity index (χ0v) is 16.8. The number of hydrogen-bond donors (Lipinski definition) is 1. The SMILES string of the molecule is CC(=O)c1ccc(N2CCN(C(=O)c3n[nH]c(C(C)C)c3Br)CC2)cc1. The summed E-state index contributed by atoms with van der Waals surface area (Å²) < 4.78 is 0.764. The van der Waals surface area contributed by atoms with Crippen LogP contribution in [-0.4, -0.2) is 53.0 Å². The molecule has 0 spiro atoms. The van der Waals surface area contributed by atoms with Crippen molar-refractivity contribution in [3.8, 4) is 0 Å². The minimum Gasteiger partial charge on any atom is -0.368 e. The summed E-state index contributed by atoms with van der Waals surface area (Å²) in [7, 11) is 0. The highest BCUT2D eigenvalue weighted by Crippen LogP contribution is 2.27. The lowest BCUT2D eigenvalue weighted by atomic mass is 10.1. The smallest absolute Gasteiger partial charge is 0.275 e. The first-order valence-corrected chi connectivity index (χ1v) is 9.56. The van der Waals surface area contributed by atoms with Gasteiger partial charge in [0.15, 0.2) is 11.5 Å². The van der Waals surface area contributed by atoms with Crippen molar-refractivity contribution in [1.29, 1.82) is 0 Å². The molecule has 0 atom stereocenters. The first-order chi connectivity index (χ1) is 12.4. The predicted molar refractivity (Wildman–Crippen MR) is 105 cm³/mol. The van der Waals surface area contributed by atoms with Gasteiger partial charge in [0.1, 0.15) is 0 Å². The molecular formula is C19H23BrN4O2. The van der Waals surface area contributed by atoms with Gasteiger partial charge in [-0.3, -0.25) is 14.7 Å². The molecule has 6 nitrogen and oxygen atoms in total. The Morgan fingerprint density at radius 1 is 1.12 bits per heavy atom. The van der Waals surface area contributed by atoms with Gasteiger partial charge in [-0.25, -0.2) is 0 Å². The first-order valence-electron chi connectivity index (χ1n) is 8.77. The summed E-state index contributed by atoms with van der Waals surface area (Å²) in [6.45, 7) is 8.48. The average Bonchev–Trinajstić information content (AvgIpc) is 3.03. The van der Waals surface area contributed by atoms with Crippen molar-refractivity contribution in [2.24, 2.45) is 0 Å². The maximum absolute atomic E-state index is 12.8. The number of amides is 1. The molecule has 1 aliphatic heterocycles. The fourth-order valence-electron chi connectivity index (χ4n) is 3.09. The third-order valence-corrected chi connectivity index (χ3v) is 5.52. The Labute approximate surface area is 161 Å². The Kier molecular flexibility index (Phi) is 5.46. The van der Waals surface area contributed by atoms with E-state index in [1.54, 1.807) is 6.92 Å². The van der Waals surface area contributed by atoms with Crippen LogP contribution in [0, 0.1) is 0 Å². The molecule has 1 aliphatic rings. The van der Waals surface area contributed by atoms with E-state index in [-0.39, 0.29) is 17.6 Å². The highest BCUT2D eigenvalue weighted by Gasteiger charge is 2.27. The summed E-state index contributed by atoms with van der Waals surface area (Å²) in [5, 5.41) is 7.17. The highest BCUT2D eigenvalue weighted by atomic mass is 79.9. The van der Waals surface area contributed by atoms with Crippen LogP contribution in [0.25, 0.3) is 0 Å². The molecule has 0 aliphatic carbocycles. The molecule has 2 heterocycles. The number of anilines is 1. The molecule has 26 heavy (non-hydrogen) atoms. The summed E-state index contributed by atoms with van der Waals surface area (Å²) in [6.07, 6.45) is 0. The molecule has 7 heteroatoms. The Morgan fingerprint density at radius 2 is 1.73 bits per heavy atom. The molecule has 0 unspecified atom stereocenters. The van der Waals surface area contributed by atoms with Gasteiger partial charge in [-0.1, -0.05) is 13.8 Å². The summed E-state index contributed by atoms with van der Waals surface area (Å²) in [6, 6.07) is 7.63. The summed E-state index contributed by atoms with van der Waals surface area (Å²) in [5.41, 5.74) is 3.18. The van der Waals surface area contributed by atoms with Crippen molar-refractivity contribution in [3.63, 3.8) is 0 Å². The lowest BCUT2D eigenvalue weighted by Gasteiger charge is -2.36. The Balaban J connectivity index is 1.64. The number of carbonyl (C=O) groups is 2. The molecule has 2 aromatic rings. The predicted octanol–water partition coefficient (Wildman–Crippen LogP) is 3.46. The van der Waals surface area contributed by atoms with Gasteiger partial charge in [-0.2, -0.15) is 5.10 Å². The number of nitrogens with one attached hydrogen (secondary N) is 1. The number of halogens is 1. The molecule has 0 radical (unpaired) electrons. The van der Waals surface area contributed by atoms with Crippen LogP contribution in [0.3, 0.4) is 0 Å². The number of aromatic nitrogens is 2. The van der Waals surface area contributed by atoms with Crippen LogP contribution in [0.5, 0.6) is 0 Å². The van der Waals surface area contributed by atoms with Crippen LogP contribution in [0.1, 0.15) is 53.2 Å². The molecule has 138 valence electrons. The van der Waals surface area contributed by atoms with E-state index >= 15 is 0 Å². The van der Waals surface area contributed by atoms with E-state index in [9.17, 15) is 9.59 Å². The molecule has 1 fully saturated rings. The van der Waals surface area contributed by atoms with Gasteiger partial charge in [-0.05, 0) is 53.0 Å². The van der Waals surface area contributed by atoms with E-state index in [4.69, 9.17) is 0 Å². The van der Waals surface area contributed by atoms with Gasteiger partial charge in [0.2, 0.25) is 0 Å². The molecule has 3 rings (SSSR count). The Morgan fingerprint density at radius 3 is 2.23 bits per heavy atom.